The largest absolute Gasteiger partial charge is 0.334 e. The van der Waals surface area contributed by atoms with E-state index in [1.807, 2.05) is 6.20 Å². The normalized spacial score (nSPS) is 13.0. The van der Waals surface area contributed by atoms with E-state index in [-0.39, 0.29) is 0 Å². The van der Waals surface area contributed by atoms with E-state index >= 15 is 0 Å². The molecule has 1 aromatic carbocycles. The molecule has 0 aliphatic carbocycles. The Balaban J connectivity index is 1.65. The van der Waals surface area contributed by atoms with Crippen molar-refractivity contribution >= 4 is 0 Å². The number of nitrogens with zero attached hydrogens (tertiary/aromatic N) is 2. The van der Waals surface area contributed by atoms with Crippen LogP contribution >= 0.6 is 0 Å². The lowest BCUT2D eigenvalue weighted by molar-refractivity contribution is 0.275. The SMILES string of the molecule is CCCCCCCCCCCCCCCCCCC(C(CCCCCCCCCCCC)Cc1ccccc1)n1ccnc1. The first-order valence-electron chi connectivity index (χ1n) is 19.9. The molecule has 2 heteroatoms. The molecule has 0 radical (unpaired) electrons. The van der Waals surface area contributed by atoms with Crippen molar-refractivity contribution in [3.8, 4) is 0 Å². The zero-order valence-corrected chi connectivity index (χ0v) is 29.7. The van der Waals surface area contributed by atoms with Crippen molar-refractivity contribution in [3.63, 3.8) is 0 Å². The van der Waals surface area contributed by atoms with Crippen LogP contribution in [-0.2, 0) is 6.42 Å². The first kappa shape index (κ1) is 38.6. The molecule has 0 aliphatic rings. The molecule has 2 unspecified atom stereocenters. The quantitative estimate of drug-likeness (QED) is 0.0757. The van der Waals surface area contributed by atoms with Crippen LogP contribution in [0.15, 0.2) is 49.1 Å². The Labute approximate surface area is 275 Å². The molecule has 0 amide bonds. The molecule has 1 aromatic heterocycles. The van der Waals surface area contributed by atoms with Gasteiger partial charge in [-0.25, -0.2) is 4.98 Å². The van der Waals surface area contributed by atoms with E-state index in [1.54, 1.807) is 0 Å². The van der Waals surface area contributed by atoms with Gasteiger partial charge in [0.15, 0.2) is 0 Å². The van der Waals surface area contributed by atoms with Crippen molar-refractivity contribution in [2.75, 3.05) is 0 Å². The van der Waals surface area contributed by atoms with Gasteiger partial charge in [0.05, 0.1) is 6.33 Å². The van der Waals surface area contributed by atoms with Gasteiger partial charge < -0.3 is 4.57 Å². The molecular weight excluding hydrogens is 532 g/mol. The Morgan fingerprint density at radius 3 is 1.32 bits per heavy atom. The van der Waals surface area contributed by atoms with Crippen molar-refractivity contribution in [1.82, 2.24) is 9.55 Å². The predicted octanol–water partition coefficient (Wildman–Crippen LogP) is 14.2. The Bertz CT molecular complexity index is 814. The van der Waals surface area contributed by atoms with E-state index in [4.69, 9.17) is 0 Å². The summed E-state index contributed by atoms with van der Waals surface area (Å²) in [5, 5.41) is 0. The van der Waals surface area contributed by atoms with Crippen LogP contribution in [-0.4, -0.2) is 9.55 Å². The van der Waals surface area contributed by atoms with Gasteiger partial charge >= 0.3 is 0 Å². The molecule has 2 atom stereocenters. The second-order valence-electron chi connectivity index (χ2n) is 14.1. The molecule has 2 nitrogen and oxygen atoms in total. The van der Waals surface area contributed by atoms with Crippen LogP contribution in [0.25, 0.3) is 0 Å². The van der Waals surface area contributed by atoms with Crippen molar-refractivity contribution in [1.29, 1.82) is 0 Å². The fourth-order valence-electron chi connectivity index (χ4n) is 7.24. The molecule has 0 saturated carbocycles. The van der Waals surface area contributed by atoms with E-state index in [0.29, 0.717) is 12.0 Å². The molecule has 0 aliphatic heterocycles. The molecule has 0 spiro atoms. The van der Waals surface area contributed by atoms with E-state index in [0.717, 1.165) is 0 Å². The monoisotopic (exact) mass is 607 g/mol. The van der Waals surface area contributed by atoms with Gasteiger partial charge in [-0.2, -0.15) is 0 Å². The second-order valence-corrected chi connectivity index (χ2v) is 14.1. The molecule has 0 bridgehead atoms. The van der Waals surface area contributed by atoms with Crippen LogP contribution in [0.4, 0.5) is 0 Å². The number of aromatic nitrogens is 2. The fourth-order valence-corrected chi connectivity index (χ4v) is 7.24. The number of unbranched alkanes of at least 4 members (excludes halogenated alkanes) is 24. The average molecular weight is 607 g/mol. The molecule has 1 heterocycles. The van der Waals surface area contributed by atoms with Gasteiger partial charge in [0.1, 0.15) is 0 Å². The van der Waals surface area contributed by atoms with E-state index in [2.05, 4.69) is 66.3 Å². The zero-order valence-electron chi connectivity index (χ0n) is 29.7. The molecule has 0 N–H and O–H groups in total. The van der Waals surface area contributed by atoms with Gasteiger partial charge in [0.25, 0.3) is 0 Å². The first-order chi connectivity index (χ1) is 21.8. The minimum absolute atomic E-state index is 0.572. The average Bonchev–Trinajstić information content (AvgIpc) is 3.58. The highest BCUT2D eigenvalue weighted by molar-refractivity contribution is 5.15. The Morgan fingerprint density at radius 2 is 0.909 bits per heavy atom. The van der Waals surface area contributed by atoms with Crippen LogP contribution in [0, 0.1) is 5.92 Å². The first-order valence-corrected chi connectivity index (χ1v) is 19.9. The standard InChI is InChI=1S/C42H74N2/c1-3-5-7-9-11-13-15-16-17-18-19-20-22-24-26-31-35-42(44-37-36-43-39-44)41(38-40-32-28-27-29-33-40)34-30-25-23-21-14-12-10-8-6-4-2/h27-29,32-33,36-37,39,41-42H,3-26,30-31,34-35,38H2,1-2H3. The second kappa shape index (κ2) is 28.9. The van der Waals surface area contributed by atoms with Gasteiger partial charge in [0, 0.05) is 18.4 Å². The lowest BCUT2D eigenvalue weighted by atomic mass is 9.84. The molecule has 0 saturated heterocycles. The third-order valence-corrected chi connectivity index (χ3v) is 10.1. The smallest absolute Gasteiger partial charge is 0.0948 e. The number of hydrogen-bond acceptors (Lipinski definition) is 1. The topological polar surface area (TPSA) is 17.8 Å². The summed E-state index contributed by atoms with van der Waals surface area (Å²) < 4.78 is 2.45. The van der Waals surface area contributed by atoms with Crippen molar-refractivity contribution in [3.05, 3.63) is 54.6 Å². The maximum Gasteiger partial charge on any atom is 0.0948 e. The van der Waals surface area contributed by atoms with E-state index in [1.165, 1.54) is 192 Å². The van der Waals surface area contributed by atoms with E-state index < -0.39 is 0 Å². The Kier molecular flexibility index (Phi) is 25.3. The lowest BCUT2D eigenvalue weighted by Gasteiger charge is -2.29. The van der Waals surface area contributed by atoms with Gasteiger partial charge in [-0.3, -0.25) is 0 Å². The van der Waals surface area contributed by atoms with Crippen molar-refractivity contribution in [2.24, 2.45) is 5.92 Å². The Hall–Kier alpha value is -1.57. The third-order valence-electron chi connectivity index (χ3n) is 10.1. The maximum atomic E-state index is 4.48. The molecule has 0 fully saturated rings. The zero-order chi connectivity index (χ0) is 31.2. The molecule has 252 valence electrons. The van der Waals surface area contributed by atoms with Crippen LogP contribution in [0.1, 0.15) is 205 Å². The van der Waals surface area contributed by atoms with Crippen LogP contribution in [0.3, 0.4) is 0 Å². The van der Waals surface area contributed by atoms with Crippen LogP contribution in [0.5, 0.6) is 0 Å². The lowest BCUT2D eigenvalue weighted by Crippen LogP contribution is -2.21. The van der Waals surface area contributed by atoms with Gasteiger partial charge in [-0.15, -0.1) is 0 Å². The molecular formula is C42H74N2. The van der Waals surface area contributed by atoms with Gasteiger partial charge in [0.2, 0.25) is 0 Å². The van der Waals surface area contributed by atoms with Crippen LogP contribution < -0.4 is 0 Å². The summed E-state index contributed by atoms with van der Waals surface area (Å²) in [6.45, 7) is 4.62. The summed E-state index contributed by atoms with van der Waals surface area (Å²) in [6.07, 6.45) is 47.3. The number of imidazole rings is 1. The van der Waals surface area contributed by atoms with Gasteiger partial charge in [-0.05, 0) is 30.7 Å². The minimum atomic E-state index is 0.572. The highest BCUT2D eigenvalue weighted by atomic mass is 15.1. The maximum absolute atomic E-state index is 4.48. The summed E-state index contributed by atoms with van der Waals surface area (Å²) >= 11 is 0. The van der Waals surface area contributed by atoms with Crippen LogP contribution in [0.2, 0.25) is 0 Å². The number of benzene rings is 1. The molecule has 2 aromatic rings. The number of hydrogen-bond donors (Lipinski definition) is 0. The summed E-state index contributed by atoms with van der Waals surface area (Å²) in [4.78, 5) is 4.48. The Morgan fingerprint density at radius 1 is 0.500 bits per heavy atom. The highest BCUT2D eigenvalue weighted by Gasteiger charge is 2.23. The minimum Gasteiger partial charge on any atom is -0.334 e. The summed E-state index contributed by atoms with van der Waals surface area (Å²) in [5.41, 5.74) is 1.50. The van der Waals surface area contributed by atoms with Crippen molar-refractivity contribution in [2.45, 2.75) is 206 Å². The molecule has 2 rings (SSSR count). The van der Waals surface area contributed by atoms with Gasteiger partial charge in [-0.1, -0.05) is 211 Å². The third kappa shape index (κ3) is 20.5. The fraction of sp³-hybridized carbons (Fsp3) is 0.786. The highest BCUT2D eigenvalue weighted by Crippen LogP contribution is 2.32. The number of rotatable bonds is 32. The summed E-state index contributed by atoms with van der Waals surface area (Å²) in [6, 6.07) is 11.8. The summed E-state index contributed by atoms with van der Waals surface area (Å²) in [5.74, 6) is 0.692. The summed E-state index contributed by atoms with van der Waals surface area (Å²) in [7, 11) is 0. The molecule has 44 heavy (non-hydrogen) atoms. The van der Waals surface area contributed by atoms with E-state index in [9.17, 15) is 0 Å². The van der Waals surface area contributed by atoms with Crippen molar-refractivity contribution < 1.29 is 0 Å². The predicted molar refractivity (Wildman–Crippen MR) is 196 cm³/mol.